The van der Waals surface area contributed by atoms with Crippen LogP contribution in [0.25, 0.3) is 0 Å². The Morgan fingerprint density at radius 2 is 1.62 bits per heavy atom. The fraction of sp³-hybridized carbons (Fsp3) is 0.235. The normalized spacial score (nSPS) is 11.9. The molecule has 0 spiro atoms. The Morgan fingerprint density at radius 3 is 2.24 bits per heavy atom. The molecule has 4 heteroatoms. The van der Waals surface area contributed by atoms with Crippen LogP contribution in [-0.4, -0.2) is 30.4 Å². The minimum Gasteiger partial charge on any atom is -0.459 e. The monoisotopic (exact) mass is 286 g/mol. The summed E-state index contributed by atoms with van der Waals surface area (Å²) in [5.74, 6) is -0.419. The van der Waals surface area contributed by atoms with Crippen molar-refractivity contribution in [1.82, 2.24) is 0 Å². The first-order chi connectivity index (χ1) is 10.3. The molecule has 0 aliphatic heterocycles. The van der Waals surface area contributed by atoms with E-state index in [-0.39, 0.29) is 13.2 Å². The largest absolute Gasteiger partial charge is 0.459 e. The van der Waals surface area contributed by atoms with Crippen molar-refractivity contribution in [2.45, 2.75) is 12.7 Å². The number of benzene rings is 2. The van der Waals surface area contributed by atoms with E-state index in [2.05, 4.69) is 0 Å². The zero-order valence-corrected chi connectivity index (χ0v) is 11.6. The predicted molar refractivity (Wildman–Crippen MR) is 78.8 cm³/mol. The summed E-state index contributed by atoms with van der Waals surface area (Å²) in [4.78, 5) is 11.8. The molecule has 0 bridgehead atoms. The number of hydrogen-bond donors (Lipinski definition) is 1. The highest BCUT2D eigenvalue weighted by molar-refractivity contribution is 5.89. The van der Waals surface area contributed by atoms with Crippen molar-refractivity contribution in [2.75, 3.05) is 13.2 Å². The average Bonchev–Trinajstić information content (AvgIpc) is 2.56. The summed E-state index contributed by atoms with van der Waals surface area (Å²) in [7, 11) is 0. The van der Waals surface area contributed by atoms with Crippen LogP contribution < -0.4 is 0 Å². The second-order valence-electron chi connectivity index (χ2n) is 4.57. The van der Waals surface area contributed by atoms with E-state index < -0.39 is 12.1 Å². The fourth-order valence-corrected chi connectivity index (χ4v) is 1.77. The van der Waals surface area contributed by atoms with Gasteiger partial charge in [-0.15, -0.1) is 0 Å². The van der Waals surface area contributed by atoms with Crippen molar-refractivity contribution in [3.8, 4) is 0 Å². The molecule has 2 aromatic rings. The SMILES string of the molecule is O=C(OC[C@@H](CO)OCc1ccccc1)c1ccccc1. The van der Waals surface area contributed by atoms with Crippen LogP contribution in [-0.2, 0) is 16.1 Å². The highest BCUT2D eigenvalue weighted by Crippen LogP contribution is 2.06. The minimum absolute atomic E-state index is 0.0249. The summed E-state index contributed by atoms with van der Waals surface area (Å²) < 4.78 is 10.7. The molecule has 0 saturated heterocycles. The van der Waals surface area contributed by atoms with E-state index in [1.165, 1.54) is 0 Å². The summed E-state index contributed by atoms with van der Waals surface area (Å²) in [6.45, 7) is 0.195. The van der Waals surface area contributed by atoms with Crippen LogP contribution in [0.4, 0.5) is 0 Å². The van der Waals surface area contributed by atoms with Gasteiger partial charge in [-0.25, -0.2) is 4.79 Å². The summed E-state index contributed by atoms with van der Waals surface area (Å²) in [5.41, 5.74) is 1.49. The van der Waals surface area contributed by atoms with Crippen molar-refractivity contribution >= 4 is 5.97 Å². The van der Waals surface area contributed by atoms with Crippen LogP contribution in [0, 0.1) is 0 Å². The molecule has 2 aromatic carbocycles. The number of carbonyl (C=O) groups excluding carboxylic acids is 1. The van der Waals surface area contributed by atoms with Gasteiger partial charge in [0.2, 0.25) is 0 Å². The summed E-state index contributed by atoms with van der Waals surface area (Å²) in [6, 6.07) is 18.4. The molecule has 0 unspecified atom stereocenters. The van der Waals surface area contributed by atoms with E-state index in [0.29, 0.717) is 12.2 Å². The molecule has 0 aliphatic carbocycles. The van der Waals surface area contributed by atoms with Gasteiger partial charge in [0.05, 0.1) is 18.8 Å². The van der Waals surface area contributed by atoms with Crippen molar-refractivity contribution in [3.63, 3.8) is 0 Å². The lowest BCUT2D eigenvalue weighted by molar-refractivity contribution is -0.0388. The topological polar surface area (TPSA) is 55.8 Å². The molecule has 0 aromatic heterocycles. The van der Waals surface area contributed by atoms with E-state index in [1.807, 2.05) is 36.4 Å². The van der Waals surface area contributed by atoms with Crippen LogP contribution in [0.1, 0.15) is 15.9 Å². The van der Waals surface area contributed by atoms with E-state index in [4.69, 9.17) is 9.47 Å². The van der Waals surface area contributed by atoms with Gasteiger partial charge in [0.1, 0.15) is 12.7 Å². The molecule has 1 atom stereocenters. The van der Waals surface area contributed by atoms with Crippen LogP contribution in [0.2, 0.25) is 0 Å². The number of rotatable bonds is 7. The van der Waals surface area contributed by atoms with Gasteiger partial charge in [-0.05, 0) is 17.7 Å². The molecule has 1 N–H and O–H groups in total. The van der Waals surface area contributed by atoms with Crippen molar-refractivity contribution < 1.29 is 19.4 Å². The van der Waals surface area contributed by atoms with Crippen LogP contribution in [0.5, 0.6) is 0 Å². The Kier molecular flexibility index (Phi) is 5.94. The van der Waals surface area contributed by atoms with Gasteiger partial charge in [0.25, 0.3) is 0 Å². The first-order valence-electron chi connectivity index (χ1n) is 6.78. The van der Waals surface area contributed by atoms with Gasteiger partial charge in [-0.1, -0.05) is 48.5 Å². The molecule has 2 rings (SSSR count). The number of ether oxygens (including phenoxy) is 2. The number of hydrogen-bond acceptors (Lipinski definition) is 4. The van der Waals surface area contributed by atoms with Crippen molar-refractivity contribution in [3.05, 3.63) is 71.8 Å². The van der Waals surface area contributed by atoms with Gasteiger partial charge >= 0.3 is 5.97 Å². The molecule has 4 nitrogen and oxygen atoms in total. The second kappa shape index (κ2) is 8.19. The van der Waals surface area contributed by atoms with Crippen LogP contribution in [0.3, 0.4) is 0 Å². The van der Waals surface area contributed by atoms with Crippen molar-refractivity contribution in [2.24, 2.45) is 0 Å². The Labute approximate surface area is 123 Å². The van der Waals surface area contributed by atoms with E-state index in [1.54, 1.807) is 24.3 Å². The molecular formula is C17H18O4. The zero-order valence-electron chi connectivity index (χ0n) is 11.6. The van der Waals surface area contributed by atoms with Crippen LogP contribution in [0.15, 0.2) is 60.7 Å². The number of aliphatic hydroxyl groups is 1. The third kappa shape index (κ3) is 5.02. The fourth-order valence-electron chi connectivity index (χ4n) is 1.77. The number of aliphatic hydroxyl groups excluding tert-OH is 1. The summed E-state index contributed by atoms with van der Waals surface area (Å²) in [5, 5.41) is 9.27. The van der Waals surface area contributed by atoms with E-state index in [0.717, 1.165) is 5.56 Å². The molecule has 0 fully saturated rings. The molecule has 0 saturated carbocycles. The third-order valence-corrected chi connectivity index (χ3v) is 2.94. The molecule has 0 radical (unpaired) electrons. The smallest absolute Gasteiger partial charge is 0.338 e. The average molecular weight is 286 g/mol. The highest BCUT2D eigenvalue weighted by Gasteiger charge is 2.13. The lowest BCUT2D eigenvalue weighted by Crippen LogP contribution is -2.25. The van der Waals surface area contributed by atoms with Gasteiger partial charge in [0, 0.05) is 0 Å². The quantitative estimate of drug-likeness (QED) is 0.794. The highest BCUT2D eigenvalue weighted by atomic mass is 16.6. The minimum atomic E-state index is -0.530. The van der Waals surface area contributed by atoms with Gasteiger partial charge in [0.15, 0.2) is 0 Å². The van der Waals surface area contributed by atoms with E-state index in [9.17, 15) is 9.90 Å². The Bertz CT molecular complexity index is 539. The lowest BCUT2D eigenvalue weighted by atomic mass is 10.2. The van der Waals surface area contributed by atoms with Crippen LogP contribution >= 0.6 is 0 Å². The van der Waals surface area contributed by atoms with Crippen molar-refractivity contribution in [1.29, 1.82) is 0 Å². The Hall–Kier alpha value is -2.17. The first kappa shape index (κ1) is 15.2. The van der Waals surface area contributed by atoms with E-state index >= 15 is 0 Å². The number of carbonyl (C=O) groups is 1. The molecule has 0 heterocycles. The molecule has 110 valence electrons. The molecular weight excluding hydrogens is 268 g/mol. The van der Waals surface area contributed by atoms with Gasteiger partial charge < -0.3 is 14.6 Å². The maximum Gasteiger partial charge on any atom is 0.338 e. The third-order valence-electron chi connectivity index (χ3n) is 2.94. The zero-order chi connectivity index (χ0) is 14.9. The predicted octanol–water partition coefficient (Wildman–Crippen LogP) is 2.42. The lowest BCUT2D eigenvalue weighted by Gasteiger charge is -2.15. The second-order valence-corrected chi connectivity index (χ2v) is 4.57. The molecule has 21 heavy (non-hydrogen) atoms. The number of esters is 1. The molecule has 0 aliphatic rings. The first-order valence-corrected chi connectivity index (χ1v) is 6.78. The Morgan fingerprint density at radius 1 is 1.00 bits per heavy atom. The maximum atomic E-state index is 11.8. The maximum absolute atomic E-state index is 11.8. The summed E-state index contributed by atoms with van der Waals surface area (Å²) in [6.07, 6.45) is -0.530. The van der Waals surface area contributed by atoms with Gasteiger partial charge in [-0.2, -0.15) is 0 Å². The standard InChI is InChI=1S/C17H18O4/c18-11-16(20-12-14-7-3-1-4-8-14)13-21-17(19)15-9-5-2-6-10-15/h1-10,16,18H,11-13H2/t16-/m1/s1. The Balaban J connectivity index is 1.79. The summed E-state index contributed by atoms with van der Waals surface area (Å²) >= 11 is 0. The molecule has 0 amide bonds. The van der Waals surface area contributed by atoms with Gasteiger partial charge in [-0.3, -0.25) is 0 Å².